The maximum Gasteiger partial charge on any atom is 0.325 e. The Hall–Kier alpha value is -2.75. The van der Waals surface area contributed by atoms with E-state index in [1.165, 1.54) is 0 Å². The van der Waals surface area contributed by atoms with Crippen LogP contribution in [0.2, 0.25) is 0 Å². The van der Waals surface area contributed by atoms with E-state index < -0.39 is 7.60 Å². The van der Waals surface area contributed by atoms with E-state index in [0.29, 0.717) is 13.0 Å². The second-order valence-electron chi connectivity index (χ2n) is 7.69. The van der Waals surface area contributed by atoms with Crippen molar-refractivity contribution < 1.29 is 19.1 Å². The van der Waals surface area contributed by atoms with E-state index >= 15 is 0 Å². The summed E-state index contributed by atoms with van der Waals surface area (Å²) in [7, 11) is -3.84. The van der Waals surface area contributed by atoms with E-state index in [-0.39, 0.29) is 6.16 Å². The summed E-state index contributed by atoms with van der Waals surface area (Å²) in [6, 6.07) is 15.5. The van der Waals surface area contributed by atoms with Gasteiger partial charge in [-0.1, -0.05) is 43.9 Å². The Morgan fingerprint density at radius 1 is 0.875 bits per heavy atom. The summed E-state index contributed by atoms with van der Waals surface area (Å²) in [5, 5.41) is 8.64. The van der Waals surface area contributed by atoms with Crippen molar-refractivity contribution in [3.8, 4) is 5.75 Å². The van der Waals surface area contributed by atoms with Crippen molar-refractivity contribution in [2.75, 3.05) is 12.8 Å². The van der Waals surface area contributed by atoms with E-state index in [1.54, 1.807) is 0 Å². The molecular formula is C25H29N2O4P. The maximum atomic E-state index is 10.8. The summed E-state index contributed by atoms with van der Waals surface area (Å²) in [5.41, 5.74) is 6.85. The van der Waals surface area contributed by atoms with Crippen molar-refractivity contribution in [3.63, 3.8) is 0 Å². The molecule has 0 atom stereocenters. The van der Waals surface area contributed by atoms with Crippen LogP contribution in [0.4, 0.5) is 11.4 Å². The largest absolute Gasteiger partial charge is 0.494 e. The molecule has 1 aliphatic rings. The van der Waals surface area contributed by atoms with Gasteiger partial charge >= 0.3 is 7.60 Å². The molecule has 0 aromatic heterocycles. The maximum absolute atomic E-state index is 10.8. The van der Waals surface area contributed by atoms with Crippen molar-refractivity contribution in [2.24, 2.45) is 10.2 Å². The Bertz CT molecular complexity index is 1050. The molecule has 2 N–H and O–H groups in total. The molecule has 1 aliphatic carbocycles. The molecule has 6 nitrogen and oxygen atoms in total. The summed E-state index contributed by atoms with van der Waals surface area (Å²) in [4.78, 5) is 17.6. The van der Waals surface area contributed by atoms with Gasteiger partial charge in [0.05, 0.1) is 18.0 Å². The number of benzene rings is 2. The first-order valence-electron chi connectivity index (χ1n) is 10.9. The van der Waals surface area contributed by atoms with Crippen molar-refractivity contribution in [2.45, 2.75) is 38.5 Å². The third-order valence-corrected chi connectivity index (χ3v) is 5.88. The molecule has 3 rings (SSSR count). The monoisotopic (exact) mass is 452 g/mol. The molecular weight excluding hydrogens is 423 g/mol. The molecule has 0 saturated carbocycles. The summed E-state index contributed by atoms with van der Waals surface area (Å²) in [6.07, 6.45) is 11.4. The van der Waals surface area contributed by atoms with Crippen LogP contribution in [0.15, 0.2) is 82.7 Å². The van der Waals surface area contributed by atoms with Crippen molar-refractivity contribution >= 4 is 24.5 Å². The van der Waals surface area contributed by atoms with E-state index in [0.717, 1.165) is 60.4 Å². The average molecular weight is 452 g/mol. The zero-order chi connectivity index (χ0) is 22.7. The van der Waals surface area contributed by atoms with Gasteiger partial charge in [0.25, 0.3) is 0 Å². The molecule has 0 spiro atoms. The predicted molar refractivity (Wildman–Crippen MR) is 128 cm³/mol. The van der Waals surface area contributed by atoms with Crippen LogP contribution in [0.1, 0.15) is 44.1 Å². The highest BCUT2D eigenvalue weighted by atomic mass is 31.2. The lowest BCUT2D eigenvalue weighted by atomic mass is 10.1. The molecule has 168 valence electrons. The number of unbranched alkanes of at least 4 members (excludes halogenated alkanes) is 5. The topological polar surface area (TPSA) is 91.5 Å². The second-order valence-corrected chi connectivity index (χ2v) is 9.46. The van der Waals surface area contributed by atoms with Crippen LogP contribution in [0.3, 0.4) is 0 Å². The van der Waals surface area contributed by atoms with Crippen LogP contribution in [0.5, 0.6) is 5.75 Å². The third kappa shape index (κ3) is 8.78. The van der Waals surface area contributed by atoms with E-state index in [4.69, 9.17) is 14.5 Å². The summed E-state index contributed by atoms with van der Waals surface area (Å²) < 4.78 is 16.6. The van der Waals surface area contributed by atoms with Gasteiger partial charge in [-0.25, -0.2) is 0 Å². The molecule has 0 aliphatic heterocycles. The van der Waals surface area contributed by atoms with Crippen molar-refractivity contribution in [1.82, 2.24) is 0 Å². The first-order chi connectivity index (χ1) is 15.5. The minimum Gasteiger partial charge on any atom is -0.494 e. The summed E-state index contributed by atoms with van der Waals surface area (Å²) in [5.74, 6) is 0.805. The van der Waals surface area contributed by atoms with Gasteiger partial charge in [0.1, 0.15) is 5.75 Å². The Balaban J connectivity index is 1.35. The van der Waals surface area contributed by atoms with Crippen LogP contribution < -0.4 is 4.74 Å². The van der Waals surface area contributed by atoms with E-state index in [9.17, 15) is 4.57 Å². The normalized spacial score (nSPS) is 13.1. The number of rotatable bonds is 13. The van der Waals surface area contributed by atoms with Gasteiger partial charge < -0.3 is 14.5 Å². The molecule has 2 aromatic carbocycles. The molecule has 7 heteroatoms. The quantitative estimate of drug-likeness (QED) is 0.147. The Morgan fingerprint density at radius 3 is 2.31 bits per heavy atom. The lowest BCUT2D eigenvalue weighted by molar-refractivity contribution is 0.304. The smallest absolute Gasteiger partial charge is 0.325 e. The Morgan fingerprint density at radius 2 is 1.59 bits per heavy atom. The molecule has 0 unspecified atom stereocenters. The molecule has 32 heavy (non-hydrogen) atoms. The molecule has 2 aromatic rings. The Kier molecular flexibility index (Phi) is 9.21. The summed E-state index contributed by atoms with van der Waals surface area (Å²) in [6.45, 7) is 0.648. The molecule has 0 amide bonds. The van der Waals surface area contributed by atoms with Crippen molar-refractivity contribution in [3.05, 3.63) is 78.1 Å². The highest BCUT2D eigenvalue weighted by molar-refractivity contribution is 7.51. The third-order valence-electron chi connectivity index (χ3n) is 4.99. The van der Waals surface area contributed by atoms with Crippen LogP contribution in [-0.4, -0.2) is 22.6 Å². The van der Waals surface area contributed by atoms with Gasteiger partial charge in [-0.3, -0.25) is 4.57 Å². The van der Waals surface area contributed by atoms with E-state index in [2.05, 4.69) is 16.0 Å². The zero-order valence-corrected chi connectivity index (χ0v) is 19.0. The number of azo groups is 1. The molecule has 0 saturated heterocycles. The van der Waals surface area contributed by atoms with E-state index in [1.807, 2.05) is 66.8 Å². The molecule has 0 fully saturated rings. The lowest BCUT2D eigenvalue weighted by Gasteiger charge is -2.06. The van der Waals surface area contributed by atoms with Gasteiger partial charge in [0.2, 0.25) is 0 Å². The van der Waals surface area contributed by atoms with Gasteiger partial charge in [0.15, 0.2) is 0 Å². The molecule has 0 bridgehead atoms. The minimum absolute atomic E-state index is 0.00841. The second kappa shape index (κ2) is 12.3. The van der Waals surface area contributed by atoms with Gasteiger partial charge in [-0.15, -0.1) is 5.73 Å². The number of hydrogen-bond acceptors (Lipinski definition) is 4. The van der Waals surface area contributed by atoms with Gasteiger partial charge in [-0.2, -0.15) is 10.2 Å². The molecule has 0 radical (unpaired) electrons. The standard InChI is InChI=1S/C25H29N2O4P/c28-32(29,30)19-8-4-2-1-3-7-18-31-25-16-14-23(15-17-25)26-27-24-13-9-12-22(20-24)21-10-5-6-11-21/h5-6,9-10,12-17,20H,1-4,7-8,18-19H2,(H2,28,29,30). The van der Waals surface area contributed by atoms with Crippen molar-refractivity contribution in [1.29, 1.82) is 0 Å². The SMILES string of the molecule is O=P(O)(O)CCCCCCCCOc1ccc(N=Nc2cccc(C3=C=CC=C3)c2)cc1. The summed E-state index contributed by atoms with van der Waals surface area (Å²) >= 11 is 0. The average Bonchev–Trinajstić information content (AvgIpc) is 3.32. The van der Waals surface area contributed by atoms with Gasteiger partial charge in [-0.05, 0) is 67.0 Å². The number of hydrogen-bond donors (Lipinski definition) is 2. The van der Waals surface area contributed by atoms with Crippen LogP contribution in [-0.2, 0) is 4.57 Å². The van der Waals surface area contributed by atoms with Crippen LogP contribution in [0.25, 0.3) is 5.57 Å². The Labute approximate surface area is 189 Å². The van der Waals surface area contributed by atoms with Crippen LogP contribution in [0, 0.1) is 0 Å². The number of allylic oxidation sites excluding steroid dienone is 3. The zero-order valence-electron chi connectivity index (χ0n) is 18.1. The number of nitrogens with zero attached hydrogens (tertiary/aromatic N) is 2. The predicted octanol–water partition coefficient (Wildman–Crippen LogP) is 7.11. The fraction of sp³-hybridized carbons (Fsp3) is 0.320. The minimum atomic E-state index is -3.84. The lowest BCUT2D eigenvalue weighted by Crippen LogP contribution is -1.97. The highest BCUT2D eigenvalue weighted by Gasteiger charge is 2.10. The van der Waals surface area contributed by atoms with Gasteiger partial charge in [0, 0.05) is 11.7 Å². The fourth-order valence-corrected chi connectivity index (χ4v) is 3.92. The highest BCUT2D eigenvalue weighted by Crippen LogP contribution is 2.35. The molecule has 0 heterocycles. The first kappa shape index (κ1) is 23.9. The fourth-order valence-electron chi connectivity index (χ4n) is 3.29. The number of ether oxygens (including phenoxy) is 1. The van der Waals surface area contributed by atoms with Crippen LogP contribution >= 0.6 is 7.60 Å². The first-order valence-corrected chi connectivity index (χ1v) is 12.7.